The molecular weight excluding hydrogens is 1350 g/mol. The fourth-order valence-electron chi connectivity index (χ4n) is 17.4. The Morgan fingerprint density at radius 1 is 0.286 bits per heavy atom. The summed E-state index contributed by atoms with van der Waals surface area (Å²) >= 11 is 7.71. The van der Waals surface area contributed by atoms with Gasteiger partial charge in [0.15, 0.2) is 0 Å². The lowest BCUT2D eigenvalue weighted by atomic mass is 9.86. The van der Waals surface area contributed by atoms with Gasteiger partial charge in [0.2, 0.25) is 0 Å². The molecule has 7 heterocycles. The molecule has 22 rings (SSSR count). The number of nitrogens with one attached hydrogen (secondary N) is 2. The maximum absolute atomic E-state index is 3.79. The molecule has 0 spiro atoms. The Balaban J connectivity index is 0.889. The number of aromatic nitrogens is 3. The zero-order valence-corrected chi connectivity index (χ0v) is 61.9. The molecule has 5 nitrogen and oxygen atoms in total. The number of anilines is 6. The van der Waals surface area contributed by atoms with Crippen LogP contribution in [0.5, 0.6) is 0 Å². The lowest BCUT2D eigenvalue weighted by Gasteiger charge is -2.27. The minimum atomic E-state index is -0.0307. The highest BCUT2D eigenvalue weighted by Crippen LogP contribution is 2.57. The van der Waals surface area contributed by atoms with Gasteiger partial charge in [-0.05, 0) is 153 Å². The molecule has 0 saturated carbocycles. The molecule has 22 aromatic rings. The minimum Gasteiger partial charge on any atom is -0.355 e. The van der Waals surface area contributed by atoms with Crippen molar-refractivity contribution < 1.29 is 0 Å². The van der Waals surface area contributed by atoms with Gasteiger partial charge in [-0.3, -0.25) is 0 Å². The van der Waals surface area contributed by atoms with E-state index in [9.17, 15) is 0 Å². The van der Waals surface area contributed by atoms with Crippen LogP contribution in [0.3, 0.4) is 0 Å². The van der Waals surface area contributed by atoms with E-state index in [0.29, 0.717) is 0 Å². The Kier molecular flexibility index (Phi) is 13.1. The second-order valence-electron chi connectivity index (χ2n) is 30.5. The second-order valence-corrected chi connectivity index (χ2v) is 34.7. The summed E-state index contributed by atoms with van der Waals surface area (Å²) in [7, 11) is 0. The van der Waals surface area contributed by atoms with E-state index in [1.807, 2.05) is 45.3 Å². The average Bonchev–Trinajstić information content (AvgIpc) is 1.52. The highest BCUT2D eigenvalue weighted by atomic mass is 32.1. The molecule has 500 valence electrons. The van der Waals surface area contributed by atoms with Gasteiger partial charge in [-0.15, -0.1) is 45.3 Å². The SMILES string of the molecule is CC(C)(C)c1cccc2c1sc1cc(N(c3ccc4[nH]c5ccccc5c4c3)c3cc4c(c5sc6ccccc6c35)c3c5sc6ccccc6c5c(N(c5ccc6c(c5)sc5c(C(C)(C)C)cccc56)c5ccc6[nH]c7ccccc7c6c5)cc3n4-c3ccc(-c4cccc5ccccc45)cc3)ccc12. The molecule has 105 heavy (non-hydrogen) atoms. The summed E-state index contributed by atoms with van der Waals surface area (Å²) in [6, 6.07) is 108. The largest absolute Gasteiger partial charge is 0.355 e. The molecular formula is C96H67N5S4. The summed E-state index contributed by atoms with van der Waals surface area (Å²) in [5.74, 6) is 0. The maximum Gasteiger partial charge on any atom is 0.0577 e. The predicted molar refractivity (Wildman–Crippen MR) is 461 cm³/mol. The van der Waals surface area contributed by atoms with Crippen molar-refractivity contribution in [1.29, 1.82) is 0 Å². The molecule has 0 radical (unpaired) electrons. The van der Waals surface area contributed by atoms with Gasteiger partial charge >= 0.3 is 0 Å². The molecule has 7 aromatic heterocycles. The number of hydrogen-bond donors (Lipinski definition) is 2. The first kappa shape index (κ1) is 61.0. The van der Waals surface area contributed by atoms with E-state index in [4.69, 9.17) is 0 Å². The number of nitrogens with zero attached hydrogens (tertiary/aromatic N) is 3. The van der Waals surface area contributed by atoms with Crippen LogP contribution >= 0.6 is 45.3 Å². The third-order valence-corrected chi connectivity index (χ3v) is 27.0. The molecule has 0 aliphatic carbocycles. The lowest BCUT2D eigenvalue weighted by Crippen LogP contribution is -2.11. The molecule has 0 aliphatic rings. The topological polar surface area (TPSA) is 43.0 Å². The van der Waals surface area contributed by atoms with Crippen molar-refractivity contribution in [3.8, 4) is 16.8 Å². The van der Waals surface area contributed by atoms with Crippen LogP contribution in [0.2, 0.25) is 0 Å². The van der Waals surface area contributed by atoms with E-state index in [2.05, 4.69) is 351 Å². The Labute approximate surface area is 621 Å². The lowest BCUT2D eigenvalue weighted by molar-refractivity contribution is 0.596. The van der Waals surface area contributed by atoms with E-state index in [1.165, 1.54) is 146 Å². The van der Waals surface area contributed by atoms with Crippen LogP contribution in [0.25, 0.3) is 174 Å². The smallest absolute Gasteiger partial charge is 0.0577 e. The van der Waals surface area contributed by atoms with E-state index in [0.717, 1.165) is 72.9 Å². The Hall–Kier alpha value is -11.6. The molecule has 2 N–H and O–H groups in total. The van der Waals surface area contributed by atoms with Crippen LogP contribution in [0.4, 0.5) is 34.1 Å². The van der Waals surface area contributed by atoms with Crippen molar-refractivity contribution in [1.82, 2.24) is 14.5 Å². The van der Waals surface area contributed by atoms with Crippen LogP contribution in [-0.4, -0.2) is 14.5 Å². The molecule has 0 atom stereocenters. The van der Waals surface area contributed by atoms with Gasteiger partial charge in [-0.25, -0.2) is 0 Å². The highest BCUT2D eigenvalue weighted by Gasteiger charge is 2.32. The zero-order valence-electron chi connectivity index (χ0n) is 58.6. The van der Waals surface area contributed by atoms with E-state index >= 15 is 0 Å². The van der Waals surface area contributed by atoms with Crippen molar-refractivity contribution in [2.45, 2.75) is 52.4 Å². The number of aromatic amines is 2. The van der Waals surface area contributed by atoms with Crippen LogP contribution in [0.15, 0.2) is 285 Å². The van der Waals surface area contributed by atoms with Crippen LogP contribution in [-0.2, 0) is 10.8 Å². The number of rotatable bonds is 8. The summed E-state index contributed by atoms with van der Waals surface area (Å²) < 4.78 is 12.9. The number of H-pyrrole nitrogens is 2. The molecule has 0 amide bonds. The maximum atomic E-state index is 3.79. The summed E-state index contributed by atoms with van der Waals surface area (Å²) in [4.78, 5) is 12.8. The molecule has 9 heteroatoms. The van der Waals surface area contributed by atoms with Gasteiger partial charge in [0.25, 0.3) is 0 Å². The predicted octanol–water partition coefficient (Wildman–Crippen LogP) is 29.9. The number of thiophene rings is 4. The number of fused-ring (bicyclic) bond motifs is 24. The minimum absolute atomic E-state index is 0.0307. The van der Waals surface area contributed by atoms with Gasteiger partial charge in [-0.1, -0.05) is 217 Å². The molecule has 0 fully saturated rings. The number of benzene rings is 15. The Morgan fingerprint density at radius 2 is 0.686 bits per heavy atom. The molecule has 0 bridgehead atoms. The summed E-state index contributed by atoms with van der Waals surface area (Å²) in [5.41, 5.74) is 19.5. The van der Waals surface area contributed by atoms with Gasteiger partial charge in [-0.2, -0.15) is 0 Å². The van der Waals surface area contributed by atoms with Crippen molar-refractivity contribution in [2.75, 3.05) is 9.80 Å². The van der Waals surface area contributed by atoms with Crippen LogP contribution in [0.1, 0.15) is 52.7 Å². The fourth-order valence-corrected chi connectivity index (χ4v) is 22.9. The first-order valence-corrected chi connectivity index (χ1v) is 39.5. The molecule has 0 aliphatic heterocycles. The van der Waals surface area contributed by atoms with Crippen LogP contribution in [0, 0.1) is 0 Å². The molecule has 15 aromatic carbocycles. The molecule has 0 saturated heterocycles. The monoisotopic (exact) mass is 1420 g/mol. The summed E-state index contributed by atoms with van der Waals surface area (Å²) in [6.45, 7) is 14.0. The zero-order chi connectivity index (χ0) is 69.9. The number of para-hydroxylation sites is 2. The van der Waals surface area contributed by atoms with Crippen molar-refractivity contribution in [3.05, 3.63) is 296 Å². The van der Waals surface area contributed by atoms with Crippen LogP contribution < -0.4 is 9.80 Å². The number of hydrogen-bond acceptors (Lipinski definition) is 6. The first-order valence-electron chi connectivity index (χ1n) is 36.2. The molecule has 0 unspecified atom stereocenters. The Bertz CT molecular complexity index is 7070. The van der Waals surface area contributed by atoms with Crippen molar-refractivity contribution in [3.63, 3.8) is 0 Å². The van der Waals surface area contributed by atoms with E-state index in [-0.39, 0.29) is 10.8 Å². The highest BCUT2D eigenvalue weighted by molar-refractivity contribution is 7.28. The van der Waals surface area contributed by atoms with E-state index in [1.54, 1.807) is 0 Å². The summed E-state index contributed by atoms with van der Waals surface area (Å²) in [5, 5.41) is 19.9. The van der Waals surface area contributed by atoms with E-state index < -0.39 is 0 Å². The van der Waals surface area contributed by atoms with Gasteiger partial charge in [0, 0.05) is 164 Å². The van der Waals surface area contributed by atoms with Crippen molar-refractivity contribution in [2.24, 2.45) is 0 Å². The van der Waals surface area contributed by atoms with Crippen molar-refractivity contribution >= 4 is 236 Å². The first-order chi connectivity index (χ1) is 51.3. The summed E-state index contributed by atoms with van der Waals surface area (Å²) in [6.07, 6.45) is 0. The standard InChI is InChI=1S/C96H67N5S4/c1-95(2,3)73-30-18-28-67-65-44-40-59(50-85(65)104-91(67)73)99(57-42-46-77-71(48-57)63-23-9-13-32-75(63)97-77)79-52-81-89(93-87(79)69-25-11-15-34-83(69)102-93)90-82(101(81)56-38-36-55(37-39-56)62-27-17-21-54-20-7-8-22-61(54)62)53-80(88-70-26-12-16-35-84(70)103-94(88)90)100(58-43-47-78-72(49-58)64-24-10-14-33-76(64)98-78)60-41-45-66-68-29-19-31-74(96(4,5)6)92(68)105-86(66)51-60/h7-53,97-98H,1-6H3. The second kappa shape index (κ2) is 22.5. The Morgan fingerprint density at radius 3 is 1.19 bits per heavy atom. The third kappa shape index (κ3) is 9.15. The van der Waals surface area contributed by atoms with Gasteiger partial charge < -0.3 is 24.3 Å². The quantitative estimate of drug-likeness (QED) is 0.159. The van der Waals surface area contributed by atoms with Gasteiger partial charge in [0.1, 0.15) is 0 Å². The fraction of sp³-hybridized carbons (Fsp3) is 0.0833. The average molecular weight is 1420 g/mol. The normalized spacial score (nSPS) is 12.7. The third-order valence-electron chi connectivity index (χ3n) is 22.2. The van der Waals surface area contributed by atoms with Gasteiger partial charge in [0.05, 0.1) is 22.4 Å².